The van der Waals surface area contributed by atoms with Crippen LogP contribution in [0.1, 0.15) is 0 Å². The number of rotatable bonds is 5. The van der Waals surface area contributed by atoms with E-state index in [0.29, 0.717) is 5.89 Å². The molecule has 0 aliphatic rings. The zero-order valence-corrected chi connectivity index (χ0v) is 29.9. The van der Waals surface area contributed by atoms with E-state index >= 15 is 0 Å². The van der Waals surface area contributed by atoms with Gasteiger partial charge in [-0.25, -0.2) is 4.98 Å². The molecule has 3 heterocycles. The lowest BCUT2D eigenvalue weighted by molar-refractivity contribution is 0.623. The molecular formula is C51H30N2O3. The second kappa shape index (κ2) is 11.9. The van der Waals surface area contributed by atoms with Gasteiger partial charge in [0, 0.05) is 55.6 Å². The molecule has 5 heteroatoms. The Morgan fingerprint density at radius 2 is 1.07 bits per heavy atom. The van der Waals surface area contributed by atoms with Crippen LogP contribution in [0.25, 0.3) is 99.1 Å². The molecule has 56 heavy (non-hydrogen) atoms. The van der Waals surface area contributed by atoms with Gasteiger partial charge in [0.15, 0.2) is 5.58 Å². The van der Waals surface area contributed by atoms with Crippen molar-refractivity contribution in [3.05, 3.63) is 182 Å². The maximum atomic E-state index is 6.66. The van der Waals surface area contributed by atoms with Crippen LogP contribution in [0, 0.1) is 0 Å². The van der Waals surface area contributed by atoms with E-state index in [9.17, 15) is 0 Å². The van der Waals surface area contributed by atoms with Gasteiger partial charge in [-0.2, -0.15) is 0 Å². The maximum Gasteiger partial charge on any atom is 0.228 e. The molecular weight excluding hydrogens is 689 g/mol. The summed E-state index contributed by atoms with van der Waals surface area (Å²) in [7, 11) is 0. The zero-order valence-electron chi connectivity index (χ0n) is 29.9. The number of benzene rings is 9. The molecule has 0 aliphatic carbocycles. The highest BCUT2D eigenvalue weighted by Crippen LogP contribution is 2.44. The van der Waals surface area contributed by atoms with Gasteiger partial charge in [0.2, 0.25) is 5.89 Å². The number of anilines is 3. The third-order valence-corrected chi connectivity index (χ3v) is 11.0. The number of furan rings is 2. The molecule has 5 nitrogen and oxygen atoms in total. The molecule has 0 N–H and O–H groups in total. The van der Waals surface area contributed by atoms with Crippen molar-refractivity contribution in [3.8, 4) is 22.6 Å². The van der Waals surface area contributed by atoms with Crippen LogP contribution in [-0.4, -0.2) is 4.98 Å². The van der Waals surface area contributed by atoms with Crippen molar-refractivity contribution in [2.45, 2.75) is 0 Å². The number of hydrogen-bond donors (Lipinski definition) is 0. The summed E-state index contributed by atoms with van der Waals surface area (Å²) in [5.41, 5.74) is 11.1. The zero-order chi connectivity index (χ0) is 36.7. The van der Waals surface area contributed by atoms with Crippen LogP contribution in [-0.2, 0) is 0 Å². The maximum absolute atomic E-state index is 6.66. The first-order chi connectivity index (χ1) is 27.7. The highest BCUT2D eigenvalue weighted by atomic mass is 16.4. The van der Waals surface area contributed by atoms with Gasteiger partial charge in [-0.05, 0) is 100 Å². The van der Waals surface area contributed by atoms with Crippen molar-refractivity contribution >= 4 is 93.6 Å². The van der Waals surface area contributed by atoms with Crippen molar-refractivity contribution in [2.75, 3.05) is 4.90 Å². The van der Waals surface area contributed by atoms with Crippen molar-refractivity contribution < 1.29 is 13.3 Å². The molecule has 0 bridgehead atoms. The van der Waals surface area contributed by atoms with Gasteiger partial charge in [-0.15, -0.1) is 0 Å². The summed E-state index contributed by atoms with van der Waals surface area (Å²) in [5, 5.41) is 8.62. The van der Waals surface area contributed by atoms with E-state index in [1.54, 1.807) is 0 Å². The second-order valence-corrected chi connectivity index (χ2v) is 14.3. The molecule has 12 aromatic rings. The number of nitrogens with zero attached hydrogens (tertiary/aromatic N) is 2. The molecule has 0 saturated carbocycles. The van der Waals surface area contributed by atoms with E-state index in [2.05, 4.69) is 150 Å². The molecule has 12 rings (SSSR count). The van der Waals surface area contributed by atoms with Crippen LogP contribution in [0.4, 0.5) is 17.1 Å². The van der Waals surface area contributed by atoms with E-state index in [4.69, 9.17) is 18.2 Å². The lowest BCUT2D eigenvalue weighted by Gasteiger charge is -2.26. The van der Waals surface area contributed by atoms with Crippen molar-refractivity contribution in [1.82, 2.24) is 4.98 Å². The number of fused-ring (bicyclic) bond motifs is 10. The fourth-order valence-electron chi connectivity index (χ4n) is 8.39. The largest absolute Gasteiger partial charge is 0.456 e. The molecule has 9 aromatic carbocycles. The van der Waals surface area contributed by atoms with E-state index in [0.717, 1.165) is 105 Å². The molecule has 3 aromatic heterocycles. The molecule has 0 unspecified atom stereocenters. The standard InChI is InChI=1S/C51H30N2O3/c1-2-10-31(11-3-1)33-15-8-16-36(26-33)53(37-22-25-45-43(29-37)42-27-34-13-4-5-14-35(34)28-47(42)54-45)38-21-23-40-48(30-38)55-46-19-9-18-41(49(40)46)51-52-44-24-20-32-12-6-7-17-39(32)50(44)56-51/h1-30H. The lowest BCUT2D eigenvalue weighted by atomic mass is 10.0. The molecule has 0 atom stereocenters. The Bertz CT molecular complexity index is 3500. The van der Waals surface area contributed by atoms with Gasteiger partial charge < -0.3 is 18.2 Å². The topological polar surface area (TPSA) is 55.6 Å². The summed E-state index contributed by atoms with van der Waals surface area (Å²) in [4.78, 5) is 7.26. The Labute approximate surface area is 320 Å². The van der Waals surface area contributed by atoms with Crippen LogP contribution in [0.5, 0.6) is 0 Å². The first kappa shape index (κ1) is 30.8. The fraction of sp³-hybridized carbons (Fsp3) is 0. The average molecular weight is 719 g/mol. The average Bonchev–Trinajstić information content (AvgIpc) is 3.96. The van der Waals surface area contributed by atoms with Crippen molar-refractivity contribution in [2.24, 2.45) is 0 Å². The summed E-state index contributed by atoms with van der Waals surface area (Å²) < 4.78 is 19.6. The predicted octanol–water partition coefficient (Wildman–Crippen LogP) is 14.7. The molecule has 0 amide bonds. The Morgan fingerprint density at radius 3 is 1.98 bits per heavy atom. The van der Waals surface area contributed by atoms with Crippen LogP contribution >= 0.6 is 0 Å². The van der Waals surface area contributed by atoms with Crippen LogP contribution in [0.3, 0.4) is 0 Å². The molecule has 0 radical (unpaired) electrons. The van der Waals surface area contributed by atoms with Gasteiger partial charge in [-0.1, -0.05) is 103 Å². The quantitative estimate of drug-likeness (QED) is 0.177. The van der Waals surface area contributed by atoms with Gasteiger partial charge in [0.05, 0.1) is 0 Å². The first-order valence-corrected chi connectivity index (χ1v) is 18.8. The molecule has 0 fully saturated rings. The molecule has 0 aliphatic heterocycles. The minimum Gasteiger partial charge on any atom is -0.456 e. The van der Waals surface area contributed by atoms with Crippen LogP contribution in [0.15, 0.2) is 195 Å². The van der Waals surface area contributed by atoms with Crippen molar-refractivity contribution in [3.63, 3.8) is 0 Å². The summed E-state index contributed by atoms with van der Waals surface area (Å²) in [6, 6.07) is 63.4. The highest BCUT2D eigenvalue weighted by Gasteiger charge is 2.21. The number of aromatic nitrogens is 1. The van der Waals surface area contributed by atoms with E-state index in [1.807, 2.05) is 36.4 Å². The van der Waals surface area contributed by atoms with Gasteiger partial charge in [0.25, 0.3) is 0 Å². The summed E-state index contributed by atoms with van der Waals surface area (Å²) in [6.07, 6.45) is 0. The lowest BCUT2D eigenvalue weighted by Crippen LogP contribution is -2.10. The van der Waals surface area contributed by atoms with Crippen LogP contribution in [0.2, 0.25) is 0 Å². The Hall–Kier alpha value is -7.63. The summed E-state index contributed by atoms with van der Waals surface area (Å²) in [5.74, 6) is 0.571. The van der Waals surface area contributed by atoms with Gasteiger partial charge in [0.1, 0.15) is 27.8 Å². The van der Waals surface area contributed by atoms with Gasteiger partial charge >= 0.3 is 0 Å². The Balaban J connectivity index is 1.04. The minimum atomic E-state index is 0.571. The minimum absolute atomic E-state index is 0.571. The molecule has 0 spiro atoms. The summed E-state index contributed by atoms with van der Waals surface area (Å²) in [6.45, 7) is 0. The number of hydrogen-bond acceptors (Lipinski definition) is 5. The Kier molecular flexibility index (Phi) is 6.56. The van der Waals surface area contributed by atoms with E-state index < -0.39 is 0 Å². The number of oxazole rings is 1. The second-order valence-electron chi connectivity index (χ2n) is 14.3. The SMILES string of the molecule is c1ccc(-c2cccc(N(c3ccc4c(c3)oc3cccc(-c5nc6ccc7ccccc7c6o5)c34)c3ccc4oc5cc6ccccc6cc5c4c3)c2)cc1. The van der Waals surface area contributed by atoms with E-state index in [1.165, 1.54) is 5.39 Å². The fourth-order valence-corrected chi connectivity index (χ4v) is 8.39. The predicted molar refractivity (Wildman–Crippen MR) is 229 cm³/mol. The highest BCUT2D eigenvalue weighted by molar-refractivity contribution is 6.14. The van der Waals surface area contributed by atoms with Gasteiger partial charge in [-0.3, -0.25) is 0 Å². The monoisotopic (exact) mass is 718 g/mol. The van der Waals surface area contributed by atoms with Crippen molar-refractivity contribution in [1.29, 1.82) is 0 Å². The molecule has 262 valence electrons. The van der Waals surface area contributed by atoms with E-state index in [-0.39, 0.29) is 0 Å². The third-order valence-electron chi connectivity index (χ3n) is 11.0. The third kappa shape index (κ3) is 4.78. The summed E-state index contributed by atoms with van der Waals surface area (Å²) >= 11 is 0. The van der Waals surface area contributed by atoms with Crippen LogP contribution < -0.4 is 4.90 Å². The molecule has 0 saturated heterocycles. The first-order valence-electron chi connectivity index (χ1n) is 18.8. The normalized spacial score (nSPS) is 11.9. The Morgan fingerprint density at radius 1 is 0.375 bits per heavy atom. The smallest absolute Gasteiger partial charge is 0.228 e.